The molecule has 210 valence electrons. The second-order valence-electron chi connectivity index (χ2n) is 11.1. The lowest BCUT2D eigenvalue weighted by molar-refractivity contribution is 0.0490. The van der Waals surface area contributed by atoms with Crippen LogP contribution in [0.15, 0.2) is 18.2 Å². The molecule has 10 nitrogen and oxygen atoms in total. The number of piperidine rings is 1. The molecule has 2 amide bonds. The van der Waals surface area contributed by atoms with E-state index in [0.717, 1.165) is 55.0 Å². The van der Waals surface area contributed by atoms with Crippen LogP contribution in [0.5, 0.6) is 5.88 Å². The molecule has 1 saturated carbocycles. The number of nitrogens with zero attached hydrogens (tertiary/aromatic N) is 3. The maximum Gasteiger partial charge on any atom is 0.263 e. The summed E-state index contributed by atoms with van der Waals surface area (Å²) >= 11 is 1.42. The van der Waals surface area contributed by atoms with Gasteiger partial charge < -0.3 is 19.3 Å². The van der Waals surface area contributed by atoms with Gasteiger partial charge in [-0.2, -0.15) is 0 Å². The number of ether oxygens (including phenoxy) is 2. The van der Waals surface area contributed by atoms with Gasteiger partial charge >= 0.3 is 0 Å². The largest absolute Gasteiger partial charge is 0.477 e. The number of hydrogen-bond donors (Lipinski definition) is 1. The molecule has 3 aliphatic heterocycles. The Bertz CT molecular complexity index is 1330. The summed E-state index contributed by atoms with van der Waals surface area (Å²) < 4.78 is 34.7. The Morgan fingerprint density at radius 1 is 1.00 bits per heavy atom. The van der Waals surface area contributed by atoms with Crippen LogP contribution in [-0.4, -0.2) is 73.2 Å². The van der Waals surface area contributed by atoms with Gasteiger partial charge in [-0.1, -0.05) is 0 Å². The molecule has 2 aromatic rings. The number of primary sulfonamides is 1. The van der Waals surface area contributed by atoms with Crippen molar-refractivity contribution in [3.05, 3.63) is 44.8 Å². The van der Waals surface area contributed by atoms with Gasteiger partial charge in [0.2, 0.25) is 15.9 Å². The Kier molecular flexibility index (Phi) is 7.38. The van der Waals surface area contributed by atoms with Gasteiger partial charge in [0.05, 0.1) is 23.3 Å². The van der Waals surface area contributed by atoms with E-state index in [9.17, 15) is 18.0 Å². The third kappa shape index (κ3) is 5.98. The van der Waals surface area contributed by atoms with Gasteiger partial charge in [0.25, 0.3) is 11.8 Å². The van der Waals surface area contributed by atoms with E-state index in [1.807, 2.05) is 12.1 Å². The highest BCUT2D eigenvalue weighted by atomic mass is 32.2. The van der Waals surface area contributed by atoms with Crippen LogP contribution >= 0.6 is 11.3 Å². The number of fused-ring (bicyclic) bond motifs is 1. The Balaban J connectivity index is 1.10. The van der Waals surface area contributed by atoms with E-state index in [1.165, 1.54) is 11.3 Å². The Morgan fingerprint density at radius 2 is 1.74 bits per heavy atom. The van der Waals surface area contributed by atoms with E-state index in [-0.39, 0.29) is 11.8 Å². The summed E-state index contributed by atoms with van der Waals surface area (Å²) in [5.41, 5.74) is 2.51. The lowest BCUT2D eigenvalue weighted by atomic mass is 10.0. The highest BCUT2D eigenvalue weighted by Gasteiger charge is 2.33. The van der Waals surface area contributed by atoms with E-state index in [2.05, 4.69) is 0 Å². The highest BCUT2D eigenvalue weighted by Crippen LogP contribution is 2.40. The second-order valence-corrected chi connectivity index (χ2v) is 14.0. The molecule has 0 unspecified atom stereocenters. The minimum atomic E-state index is -3.58. The molecule has 39 heavy (non-hydrogen) atoms. The van der Waals surface area contributed by atoms with E-state index in [1.54, 1.807) is 15.9 Å². The van der Waals surface area contributed by atoms with Crippen LogP contribution in [0.4, 0.5) is 0 Å². The molecule has 0 atom stereocenters. The predicted molar refractivity (Wildman–Crippen MR) is 145 cm³/mol. The van der Waals surface area contributed by atoms with Crippen molar-refractivity contribution in [2.75, 3.05) is 32.9 Å². The summed E-state index contributed by atoms with van der Waals surface area (Å²) in [7, 11) is -3.58. The van der Waals surface area contributed by atoms with Crippen molar-refractivity contribution in [2.45, 2.75) is 62.8 Å². The third-order valence-electron chi connectivity index (χ3n) is 8.16. The van der Waals surface area contributed by atoms with Gasteiger partial charge in [-0.15, -0.1) is 11.3 Å². The van der Waals surface area contributed by atoms with Crippen molar-refractivity contribution >= 4 is 33.2 Å². The van der Waals surface area contributed by atoms with Crippen molar-refractivity contribution < 1.29 is 27.5 Å². The van der Waals surface area contributed by atoms with Gasteiger partial charge in [0.15, 0.2) is 0 Å². The molecule has 0 spiro atoms. The van der Waals surface area contributed by atoms with E-state index in [4.69, 9.17) is 19.6 Å². The molecule has 2 aromatic heterocycles. The Labute approximate surface area is 232 Å². The summed E-state index contributed by atoms with van der Waals surface area (Å²) in [4.78, 5) is 36.5. The summed E-state index contributed by atoms with van der Waals surface area (Å²) in [5.74, 6) is 1.20. The van der Waals surface area contributed by atoms with Crippen molar-refractivity contribution in [1.29, 1.82) is 0 Å². The molecule has 6 rings (SSSR count). The monoisotopic (exact) mass is 574 g/mol. The molecule has 2 N–H and O–H groups in total. The van der Waals surface area contributed by atoms with Crippen LogP contribution in [0.25, 0.3) is 0 Å². The van der Waals surface area contributed by atoms with Crippen LogP contribution in [0.1, 0.15) is 80.6 Å². The van der Waals surface area contributed by atoms with Crippen molar-refractivity contribution in [3.8, 4) is 5.88 Å². The van der Waals surface area contributed by atoms with Crippen LogP contribution in [-0.2, 0) is 27.8 Å². The quantitative estimate of drug-likeness (QED) is 0.538. The lowest BCUT2D eigenvalue weighted by Gasteiger charge is -2.30. The van der Waals surface area contributed by atoms with Crippen molar-refractivity contribution in [2.24, 2.45) is 11.1 Å². The predicted octanol–water partition coefficient (Wildman–Crippen LogP) is 2.88. The maximum absolute atomic E-state index is 13.5. The van der Waals surface area contributed by atoms with E-state index >= 15 is 0 Å². The molecule has 3 fully saturated rings. The highest BCUT2D eigenvalue weighted by molar-refractivity contribution is 7.89. The number of likely N-dealkylation sites (tertiary alicyclic amines) is 1. The van der Waals surface area contributed by atoms with Gasteiger partial charge in [-0.25, -0.2) is 18.5 Å². The number of rotatable bonds is 7. The topological polar surface area (TPSA) is 132 Å². The van der Waals surface area contributed by atoms with Gasteiger partial charge in [-0.05, 0) is 62.1 Å². The molecule has 1 aliphatic carbocycles. The molecule has 12 heteroatoms. The first-order valence-corrected chi connectivity index (χ1v) is 16.1. The molecule has 0 bridgehead atoms. The standard InChI is InChI=1S/C27H34N4O6S2/c28-39(34,35)21-3-7-30(8-4-21)27(33)23-12-20-14-31(15-24(20)38-23)26(32)19-11-22(18-1-2-18)29-25(13-19)37-16-17-5-9-36-10-6-17/h11-13,17-18,21H,1-10,14-16H2,(H2,28,34,35). The number of pyridine rings is 1. The van der Waals surface area contributed by atoms with Crippen molar-refractivity contribution in [3.63, 3.8) is 0 Å². The van der Waals surface area contributed by atoms with Crippen LogP contribution in [0.3, 0.4) is 0 Å². The number of amides is 2. The molecule has 0 aromatic carbocycles. The first kappa shape index (κ1) is 26.7. The van der Waals surface area contributed by atoms with Gasteiger partial charge in [0, 0.05) is 61.0 Å². The van der Waals surface area contributed by atoms with Gasteiger partial charge in [-0.3, -0.25) is 9.59 Å². The fraction of sp³-hybridized carbons (Fsp3) is 0.593. The van der Waals surface area contributed by atoms with Crippen molar-refractivity contribution in [1.82, 2.24) is 14.8 Å². The summed E-state index contributed by atoms with van der Waals surface area (Å²) in [6.07, 6.45) is 4.83. The molecule has 0 radical (unpaired) electrons. The number of aromatic nitrogens is 1. The number of sulfonamides is 1. The molecule has 5 heterocycles. The number of nitrogens with two attached hydrogens (primary N) is 1. The fourth-order valence-electron chi connectivity index (χ4n) is 5.57. The second kappa shape index (κ2) is 10.8. The molecule has 4 aliphatic rings. The first-order valence-electron chi connectivity index (χ1n) is 13.7. The zero-order valence-corrected chi connectivity index (χ0v) is 23.5. The minimum absolute atomic E-state index is 0.0587. The summed E-state index contributed by atoms with van der Waals surface area (Å²) in [6.45, 7) is 3.75. The third-order valence-corrected chi connectivity index (χ3v) is 10.7. The maximum atomic E-state index is 13.5. The number of thiophene rings is 1. The zero-order valence-electron chi connectivity index (χ0n) is 21.8. The SMILES string of the molecule is NS(=O)(=O)C1CCN(C(=O)c2cc3c(s2)CN(C(=O)c2cc(OCC4CCOCC4)nc(C4CC4)c2)C3)CC1. The zero-order chi connectivity index (χ0) is 27.1. The van der Waals surface area contributed by atoms with Crippen LogP contribution in [0, 0.1) is 5.92 Å². The number of hydrogen-bond acceptors (Lipinski definition) is 8. The number of carbonyl (C=O) groups excluding carboxylic acids is 2. The molecule has 2 saturated heterocycles. The Hall–Kier alpha value is -2.54. The molecular weight excluding hydrogens is 540 g/mol. The fourth-order valence-corrected chi connectivity index (χ4v) is 7.60. The average molecular weight is 575 g/mol. The Morgan fingerprint density at radius 3 is 2.41 bits per heavy atom. The van der Waals surface area contributed by atoms with E-state index in [0.29, 0.717) is 73.8 Å². The lowest BCUT2D eigenvalue weighted by Crippen LogP contribution is -2.44. The summed E-state index contributed by atoms with van der Waals surface area (Å²) in [5, 5.41) is 4.69. The minimum Gasteiger partial charge on any atom is -0.477 e. The van der Waals surface area contributed by atoms with Gasteiger partial charge in [0.1, 0.15) is 0 Å². The average Bonchev–Trinajstić information content (AvgIpc) is 3.61. The smallest absolute Gasteiger partial charge is 0.263 e. The van der Waals surface area contributed by atoms with E-state index < -0.39 is 15.3 Å². The molecular formula is C27H34N4O6S2. The van der Waals surface area contributed by atoms with Crippen LogP contribution in [0.2, 0.25) is 0 Å². The first-order chi connectivity index (χ1) is 18.7. The van der Waals surface area contributed by atoms with Crippen LogP contribution < -0.4 is 9.88 Å². The normalized spacial score (nSPS) is 20.7. The number of carbonyl (C=O) groups is 2. The summed E-state index contributed by atoms with van der Waals surface area (Å²) in [6, 6.07) is 5.56.